The van der Waals surface area contributed by atoms with Crippen LogP contribution >= 0.6 is 0 Å². The number of hydroxylamine groups is 2. The average molecular weight is 267 g/mol. The van der Waals surface area contributed by atoms with Gasteiger partial charge in [-0.2, -0.15) is 0 Å². The third kappa shape index (κ3) is 1.83. The van der Waals surface area contributed by atoms with Crippen molar-refractivity contribution in [2.45, 2.75) is 52.9 Å². The number of ketones is 1. The number of hydrogen-bond acceptors (Lipinski definition) is 3. The molecule has 0 N–H and O–H groups in total. The van der Waals surface area contributed by atoms with Gasteiger partial charge < -0.3 is 0 Å². The number of fused-ring (bicyclic) bond motifs is 2. The van der Waals surface area contributed by atoms with E-state index in [4.69, 9.17) is 4.84 Å². The van der Waals surface area contributed by atoms with Gasteiger partial charge in [-0.1, -0.05) is 27.2 Å². The molecule has 0 heterocycles. The van der Waals surface area contributed by atoms with Crippen LogP contribution in [0.3, 0.4) is 0 Å². The van der Waals surface area contributed by atoms with E-state index in [0.29, 0.717) is 25.3 Å². The summed E-state index contributed by atoms with van der Waals surface area (Å²) in [5.41, 5.74) is -1.06. The Morgan fingerprint density at radius 1 is 1.47 bits per heavy atom. The third-order valence-electron chi connectivity index (χ3n) is 5.42. The molecular weight excluding hydrogens is 242 g/mol. The zero-order valence-electron chi connectivity index (χ0n) is 12.5. The molecule has 2 atom stereocenters. The molecule has 2 unspecified atom stereocenters. The Morgan fingerprint density at radius 2 is 2.16 bits per heavy atom. The minimum atomic E-state index is -0.832. The molecule has 2 aliphatic rings. The first kappa shape index (κ1) is 14.5. The molecule has 4 nitrogen and oxygen atoms in total. The van der Waals surface area contributed by atoms with Crippen LogP contribution in [-0.4, -0.2) is 30.4 Å². The van der Waals surface area contributed by atoms with Crippen molar-refractivity contribution < 1.29 is 14.4 Å². The summed E-state index contributed by atoms with van der Waals surface area (Å²) in [6.45, 7) is 6.79. The number of carbonyl (C=O) groups excluding carboxylic acids is 2. The maximum atomic E-state index is 12.9. The van der Waals surface area contributed by atoms with Gasteiger partial charge in [0.25, 0.3) is 5.91 Å². The summed E-state index contributed by atoms with van der Waals surface area (Å²) in [6.07, 6.45) is 4.13. The van der Waals surface area contributed by atoms with Crippen LogP contribution in [0, 0.1) is 16.7 Å². The molecule has 2 fully saturated rings. The topological polar surface area (TPSA) is 46.6 Å². The Labute approximate surface area is 115 Å². The van der Waals surface area contributed by atoms with Gasteiger partial charge in [-0.3, -0.25) is 14.4 Å². The summed E-state index contributed by atoms with van der Waals surface area (Å²) in [5, 5.41) is 1.41. The number of unbranched alkanes of at least 4 members (excludes halogenated alkanes) is 1. The van der Waals surface area contributed by atoms with Crippen LogP contribution in [-0.2, 0) is 14.4 Å². The lowest BCUT2D eigenvalue weighted by Gasteiger charge is -2.38. The van der Waals surface area contributed by atoms with Gasteiger partial charge in [-0.25, -0.2) is 5.06 Å². The van der Waals surface area contributed by atoms with Gasteiger partial charge in [0.2, 0.25) is 0 Å². The number of Topliss-reactive ketones (excluding diaryl/α,β-unsaturated/α-hetero) is 1. The van der Waals surface area contributed by atoms with Crippen molar-refractivity contribution in [1.29, 1.82) is 0 Å². The summed E-state index contributed by atoms with van der Waals surface area (Å²) < 4.78 is 0. The summed E-state index contributed by atoms with van der Waals surface area (Å²) in [7, 11) is 1.52. The fourth-order valence-electron chi connectivity index (χ4n) is 3.97. The molecule has 2 saturated carbocycles. The molecule has 0 aromatic heterocycles. The maximum absolute atomic E-state index is 12.9. The van der Waals surface area contributed by atoms with Crippen molar-refractivity contribution in [3.8, 4) is 0 Å². The number of hydrogen-bond donors (Lipinski definition) is 0. The molecule has 2 aliphatic carbocycles. The predicted molar refractivity (Wildman–Crippen MR) is 72.2 cm³/mol. The fraction of sp³-hybridized carbons (Fsp3) is 0.867. The first-order valence-electron chi connectivity index (χ1n) is 7.31. The van der Waals surface area contributed by atoms with E-state index in [9.17, 15) is 9.59 Å². The van der Waals surface area contributed by atoms with Gasteiger partial charge in [0.1, 0.15) is 11.2 Å². The Balaban J connectivity index is 2.28. The summed E-state index contributed by atoms with van der Waals surface area (Å²) in [6, 6.07) is 0. The van der Waals surface area contributed by atoms with E-state index < -0.39 is 5.41 Å². The van der Waals surface area contributed by atoms with Gasteiger partial charge >= 0.3 is 0 Å². The zero-order chi connectivity index (χ0) is 14.3. The first-order valence-corrected chi connectivity index (χ1v) is 7.31. The molecule has 1 amide bonds. The molecule has 0 spiro atoms. The number of rotatable bonds is 5. The molecule has 4 heteroatoms. The highest BCUT2D eigenvalue weighted by atomic mass is 16.7. The van der Waals surface area contributed by atoms with Crippen LogP contribution in [0.15, 0.2) is 0 Å². The monoisotopic (exact) mass is 267 g/mol. The van der Waals surface area contributed by atoms with E-state index >= 15 is 0 Å². The zero-order valence-corrected chi connectivity index (χ0v) is 12.5. The second kappa shape index (κ2) is 4.89. The van der Waals surface area contributed by atoms with Gasteiger partial charge in [0, 0.05) is 13.0 Å². The van der Waals surface area contributed by atoms with E-state index in [2.05, 4.69) is 20.8 Å². The predicted octanol–water partition coefficient (Wildman–Crippen LogP) is 2.57. The molecule has 0 aromatic carbocycles. The molecule has 0 aliphatic heterocycles. The largest absolute Gasteiger partial charge is 0.298 e. The van der Waals surface area contributed by atoms with Gasteiger partial charge in [-0.15, -0.1) is 0 Å². The van der Waals surface area contributed by atoms with E-state index in [-0.39, 0.29) is 17.1 Å². The maximum Gasteiger partial charge on any atom is 0.260 e. The van der Waals surface area contributed by atoms with Crippen molar-refractivity contribution in [2.75, 3.05) is 13.7 Å². The highest BCUT2D eigenvalue weighted by molar-refractivity contribution is 6.09. The van der Waals surface area contributed by atoms with E-state index in [0.717, 1.165) is 19.3 Å². The summed E-state index contributed by atoms with van der Waals surface area (Å²) in [5.74, 6) is 0.365. The summed E-state index contributed by atoms with van der Waals surface area (Å²) >= 11 is 0. The van der Waals surface area contributed by atoms with Crippen LogP contribution in [0.5, 0.6) is 0 Å². The second-order valence-corrected chi connectivity index (χ2v) is 6.43. The van der Waals surface area contributed by atoms with Gasteiger partial charge in [-0.05, 0) is 30.6 Å². The van der Waals surface area contributed by atoms with Crippen LogP contribution in [0.4, 0.5) is 0 Å². The lowest BCUT2D eigenvalue weighted by molar-refractivity contribution is -0.192. The Kier molecular flexibility index (Phi) is 3.74. The molecule has 2 bridgehead atoms. The molecule has 0 saturated heterocycles. The molecule has 19 heavy (non-hydrogen) atoms. The SMILES string of the molecule is CCCCN(OC)C(=O)C12CCC(CC1=O)C2(C)C. The standard InChI is InChI=1S/C15H25NO3/c1-5-6-9-16(19-4)13(18)15-8-7-11(10-12(15)17)14(15,2)3/h11H,5-10H2,1-4H3. The van der Waals surface area contributed by atoms with Crippen molar-refractivity contribution >= 4 is 11.7 Å². The number of nitrogens with zero attached hydrogens (tertiary/aromatic N) is 1. The van der Waals surface area contributed by atoms with Crippen molar-refractivity contribution in [3.05, 3.63) is 0 Å². The second-order valence-electron chi connectivity index (χ2n) is 6.43. The normalized spacial score (nSPS) is 31.8. The third-order valence-corrected chi connectivity index (χ3v) is 5.42. The highest BCUT2D eigenvalue weighted by Crippen LogP contribution is 2.64. The lowest BCUT2D eigenvalue weighted by Crippen LogP contribution is -2.51. The summed E-state index contributed by atoms with van der Waals surface area (Å²) in [4.78, 5) is 30.5. The highest BCUT2D eigenvalue weighted by Gasteiger charge is 2.69. The van der Waals surface area contributed by atoms with Crippen molar-refractivity contribution in [1.82, 2.24) is 5.06 Å². The quantitative estimate of drug-likeness (QED) is 0.568. The smallest absolute Gasteiger partial charge is 0.260 e. The van der Waals surface area contributed by atoms with Crippen LogP contribution < -0.4 is 0 Å². The van der Waals surface area contributed by atoms with Crippen LogP contribution in [0.2, 0.25) is 0 Å². The van der Waals surface area contributed by atoms with Crippen molar-refractivity contribution in [3.63, 3.8) is 0 Å². The molecule has 108 valence electrons. The number of carbonyl (C=O) groups is 2. The molecular formula is C15H25NO3. The van der Waals surface area contributed by atoms with E-state index in [1.807, 2.05) is 0 Å². The van der Waals surface area contributed by atoms with Crippen LogP contribution in [0.1, 0.15) is 52.9 Å². The minimum Gasteiger partial charge on any atom is -0.298 e. The Morgan fingerprint density at radius 3 is 2.58 bits per heavy atom. The molecule has 0 aromatic rings. The molecule has 0 radical (unpaired) electrons. The number of amides is 1. The first-order chi connectivity index (χ1) is 8.91. The minimum absolute atomic E-state index is 0.113. The fourth-order valence-corrected chi connectivity index (χ4v) is 3.97. The van der Waals surface area contributed by atoms with Crippen molar-refractivity contribution in [2.24, 2.45) is 16.7 Å². The average Bonchev–Trinajstić information content (AvgIpc) is 2.73. The Hall–Kier alpha value is -0.900. The van der Waals surface area contributed by atoms with Gasteiger partial charge in [0.15, 0.2) is 0 Å². The lowest BCUT2D eigenvalue weighted by atomic mass is 9.68. The molecule has 2 rings (SSSR count). The van der Waals surface area contributed by atoms with E-state index in [1.165, 1.54) is 12.2 Å². The van der Waals surface area contributed by atoms with Crippen LogP contribution in [0.25, 0.3) is 0 Å². The Bertz CT molecular complexity index is 391. The van der Waals surface area contributed by atoms with E-state index in [1.54, 1.807) is 0 Å². The van der Waals surface area contributed by atoms with Gasteiger partial charge in [0.05, 0.1) is 7.11 Å².